The molecule has 0 saturated heterocycles. The molecule has 30 heavy (non-hydrogen) atoms. The highest BCUT2D eigenvalue weighted by molar-refractivity contribution is 5.48. The summed E-state index contributed by atoms with van der Waals surface area (Å²) in [6, 6.07) is 12.2. The fraction of sp³-hybridized carbons (Fsp3) is 0.556. The number of rotatable bonds is 14. The number of azo groups is 1. The zero-order chi connectivity index (χ0) is 21.6. The van der Waals surface area contributed by atoms with Crippen LogP contribution >= 0.6 is 0 Å². The van der Waals surface area contributed by atoms with Crippen molar-refractivity contribution in [2.75, 3.05) is 6.61 Å². The Morgan fingerprint density at radius 3 is 1.70 bits per heavy atom. The number of benzene rings is 2. The SMILES string of the molecule is CCCCCCCCCCCCOc1ccc(/N=N/c2ccc(C)c(C)c2)cc1C. The van der Waals surface area contributed by atoms with E-state index < -0.39 is 0 Å². The van der Waals surface area contributed by atoms with Crippen LogP contribution in [-0.4, -0.2) is 6.61 Å². The molecule has 0 aliphatic heterocycles. The molecule has 0 aliphatic carbocycles. The van der Waals surface area contributed by atoms with Crippen molar-refractivity contribution in [2.24, 2.45) is 10.2 Å². The third-order valence-corrected chi connectivity index (χ3v) is 5.69. The molecule has 0 fully saturated rings. The Labute approximate surface area is 184 Å². The lowest BCUT2D eigenvalue weighted by Crippen LogP contribution is -1.98. The topological polar surface area (TPSA) is 34.0 Å². The van der Waals surface area contributed by atoms with Crippen LogP contribution in [0.1, 0.15) is 87.8 Å². The molecule has 0 bridgehead atoms. The molecule has 0 aliphatic rings. The lowest BCUT2D eigenvalue weighted by atomic mass is 10.1. The molecular weight excluding hydrogens is 368 g/mol. The zero-order valence-corrected chi connectivity index (χ0v) is 19.5. The summed E-state index contributed by atoms with van der Waals surface area (Å²) in [4.78, 5) is 0. The lowest BCUT2D eigenvalue weighted by Gasteiger charge is -2.09. The first-order chi connectivity index (χ1) is 14.6. The van der Waals surface area contributed by atoms with E-state index in [2.05, 4.69) is 50.1 Å². The summed E-state index contributed by atoms with van der Waals surface area (Å²) in [6.07, 6.45) is 13.4. The molecule has 0 spiro atoms. The maximum atomic E-state index is 5.98. The molecule has 2 rings (SSSR count). The van der Waals surface area contributed by atoms with Crippen LogP contribution in [0.5, 0.6) is 5.75 Å². The Morgan fingerprint density at radius 1 is 0.600 bits per heavy atom. The summed E-state index contributed by atoms with van der Waals surface area (Å²) in [5, 5.41) is 8.75. The van der Waals surface area contributed by atoms with Crippen LogP contribution in [0.15, 0.2) is 46.6 Å². The minimum Gasteiger partial charge on any atom is -0.493 e. The van der Waals surface area contributed by atoms with Crippen LogP contribution < -0.4 is 4.74 Å². The summed E-state index contributed by atoms with van der Waals surface area (Å²) in [6.45, 7) is 9.34. The largest absolute Gasteiger partial charge is 0.493 e. The van der Waals surface area contributed by atoms with Gasteiger partial charge in [-0.05, 0) is 74.2 Å². The van der Waals surface area contributed by atoms with Gasteiger partial charge in [0.25, 0.3) is 0 Å². The highest BCUT2D eigenvalue weighted by Gasteiger charge is 2.02. The van der Waals surface area contributed by atoms with Gasteiger partial charge in [-0.25, -0.2) is 0 Å². The molecule has 0 saturated carbocycles. The van der Waals surface area contributed by atoms with Gasteiger partial charge in [-0.1, -0.05) is 70.8 Å². The molecular formula is C27H40N2O. The van der Waals surface area contributed by atoms with Crippen LogP contribution in [0.2, 0.25) is 0 Å². The Balaban J connectivity index is 1.65. The van der Waals surface area contributed by atoms with Crippen molar-refractivity contribution in [1.29, 1.82) is 0 Å². The second-order valence-electron chi connectivity index (χ2n) is 8.45. The Hall–Kier alpha value is -2.16. The first-order valence-corrected chi connectivity index (χ1v) is 11.8. The van der Waals surface area contributed by atoms with Gasteiger partial charge in [-0.3, -0.25) is 0 Å². The first-order valence-electron chi connectivity index (χ1n) is 11.8. The smallest absolute Gasteiger partial charge is 0.122 e. The minimum atomic E-state index is 0.793. The summed E-state index contributed by atoms with van der Waals surface area (Å²) < 4.78 is 5.98. The molecule has 3 nitrogen and oxygen atoms in total. The fourth-order valence-electron chi connectivity index (χ4n) is 3.53. The molecule has 2 aromatic rings. The molecule has 0 radical (unpaired) electrons. The first kappa shape index (κ1) is 24.1. The van der Waals surface area contributed by atoms with Gasteiger partial charge in [0, 0.05) is 0 Å². The highest BCUT2D eigenvalue weighted by atomic mass is 16.5. The van der Waals surface area contributed by atoms with E-state index in [-0.39, 0.29) is 0 Å². The number of ether oxygens (including phenoxy) is 1. The Bertz CT molecular complexity index is 782. The average Bonchev–Trinajstić information content (AvgIpc) is 2.74. The van der Waals surface area contributed by atoms with E-state index in [4.69, 9.17) is 4.74 Å². The molecule has 0 atom stereocenters. The van der Waals surface area contributed by atoms with Crippen LogP contribution in [0, 0.1) is 20.8 Å². The van der Waals surface area contributed by atoms with E-state index in [1.165, 1.54) is 68.9 Å². The van der Waals surface area contributed by atoms with Crippen LogP contribution in [0.25, 0.3) is 0 Å². The quantitative estimate of drug-likeness (QED) is 0.226. The molecule has 0 heterocycles. The maximum Gasteiger partial charge on any atom is 0.122 e. The van der Waals surface area contributed by atoms with E-state index in [1.54, 1.807) is 0 Å². The van der Waals surface area contributed by atoms with Crippen molar-refractivity contribution in [3.63, 3.8) is 0 Å². The summed E-state index contributed by atoms with van der Waals surface area (Å²) in [5.74, 6) is 0.955. The molecule has 0 N–H and O–H groups in total. The van der Waals surface area contributed by atoms with Gasteiger partial charge in [-0.2, -0.15) is 10.2 Å². The zero-order valence-electron chi connectivity index (χ0n) is 19.5. The van der Waals surface area contributed by atoms with Crippen LogP contribution in [-0.2, 0) is 0 Å². The molecule has 2 aromatic carbocycles. The van der Waals surface area contributed by atoms with Crippen molar-refractivity contribution in [1.82, 2.24) is 0 Å². The molecule has 0 aromatic heterocycles. The van der Waals surface area contributed by atoms with E-state index >= 15 is 0 Å². The normalized spacial score (nSPS) is 11.3. The van der Waals surface area contributed by atoms with Gasteiger partial charge in [-0.15, -0.1) is 0 Å². The van der Waals surface area contributed by atoms with Crippen molar-refractivity contribution in [2.45, 2.75) is 91.9 Å². The second kappa shape index (κ2) is 14.0. The predicted molar refractivity (Wildman–Crippen MR) is 129 cm³/mol. The second-order valence-corrected chi connectivity index (χ2v) is 8.45. The van der Waals surface area contributed by atoms with E-state index in [1.807, 2.05) is 24.3 Å². The van der Waals surface area contributed by atoms with Crippen molar-refractivity contribution in [3.05, 3.63) is 53.1 Å². The fourth-order valence-corrected chi connectivity index (χ4v) is 3.53. The summed E-state index contributed by atoms with van der Waals surface area (Å²) in [7, 11) is 0. The number of unbranched alkanes of at least 4 members (excludes halogenated alkanes) is 9. The summed E-state index contributed by atoms with van der Waals surface area (Å²) in [5.41, 5.74) is 5.36. The van der Waals surface area contributed by atoms with Crippen molar-refractivity contribution < 1.29 is 4.74 Å². The molecule has 0 amide bonds. The van der Waals surface area contributed by atoms with Crippen LogP contribution in [0.3, 0.4) is 0 Å². The molecule has 164 valence electrons. The number of hydrogen-bond acceptors (Lipinski definition) is 3. The Kier molecular flexibility index (Phi) is 11.2. The van der Waals surface area contributed by atoms with E-state index in [0.29, 0.717) is 0 Å². The monoisotopic (exact) mass is 408 g/mol. The van der Waals surface area contributed by atoms with Crippen molar-refractivity contribution >= 4 is 11.4 Å². The molecule has 3 heteroatoms. The number of nitrogens with zero attached hydrogens (tertiary/aromatic N) is 2. The van der Waals surface area contributed by atoms with Gasteiger partial charge in [0.2, 0.25) is 0 Å². The van der Waals surface area contributed by atoms with Gasteiger partial charge in [0.1, 0.15) is 5.75 Å². The van der Waals surface area contributed by atoms with Gasteiger partial charge in [0.05, 0.1) is 18.0 Å². The van der Waals surface area contributed by atoms with Gasteiger partial charge < -0.3 is 4.74 Å². The minimum absolute atomic E-state index is 0.793. The maximum absolute atomic E-state index is 5.98. The Morgan fingerprint density at radius 2 is 1.13 bits per heavy atom. The highest BCUT2D eigenvalue weighted by Crippen LogP contribution is 2.26. The summed E-state index contributed by atoms with van der Waals surface area (Å²) >= 11 is 0. The van der Waals surface area contributed by atoms with E-state index in [9.17, 15) is 0 Å². The van der Waals surface area contributed by atoms with Crippen LogP contribution in [0.4, 0.5) is 11.4 Å². The lowest BCUT2D eigenvalue weighted by molar-refractivity contribution is 0.302. The van der Waals surface area contributed by atoms with Crippen molar-refractivity contribution in [3.8, 4) is 5.75 Å². The van der Waals surface area contributed by atoms with Gasteiger partial charge >= 0.3 is 0 Å². The van der Waals surface area contributed by atoms with E-state index in [0.717, 1.165) is 35.7 Å². The standard InChI is InChI=1S/C27H40N2O/c1-5-6-7-8-9-10-11-12-13-14-19-30-27-18-17-26(21-24(27)4)29-28-25-16-15-22(2)23(3)20-25/h15-18,20-21H,5-14,19H2,1-4H3/b29-28+. The number of hydrogen-bond donors (Lipinski definition) is 0. The molecule has 0 unspecified atom stereocenters. The number of aryl methyl sites for hydroxylation is 3. The average molecular weight is 409 g/mol. The predicted octanol–water partition coefficient (Wildman–Crippen LogP) is 9.33. The third kappa shape index (κ3) is 9.11. The van der Waals surface area contributed by atoms with Gasteiger partial charge in [0.15, 0.2) is 0 Å². The third-order valence-electron chi connectivity index (χ3n) is 5.69.